The fraction of sp³-hybridized carbons (Fsp3) is 0.588. The van der Waals surface area contributed by atoms with E-state index < -0.39 is 17.7 Å². The second-order valence-corrected chi connectivity index (χ2v) is 6.34. The van der Waals surface area contributed by atoms with Gasteiger partial charge in [-0.25, -0.2) is 0 Å². The predicted octanol–water partition coefficient (Wildman–Crippen LogP) is 3.99. The number of carboxylic acids is 1. The van der Waals surface area contributed by atoms with Gasteiger partial charge in [-0.2, -0.15) is 13.2 Å². The molecule has 1 heterocycles. The minimum Gasteiger partial charge on any atom is -0.481 e. The first-order chi connectivity index (χ1) is 10.7. The number of piperidine rings is 1. The molecule has 3 nitrogen and oxygen atoms in total. The zero-order chi connectivity index (χ0) is 17.2. The Kier molecular flexibility index (Phi) is 5.34. The summed E-state index contributed by atoms with van der Waals surface area (Å²) in [6, 6.07) is 5.17. The van der Waals surface area contributed by atoms with Gasteiger partial charge in [-0.15, -0.1) is 0 Å². The normalized spacial score (nSPS) is 24.4. The first kappa shape index (κ1) is 17.8. The van der Waals surface area contributed by atoms with E-state index in [9.17, 15) is 23.1 Å². The van der Waals surface area contributed by atoms with Gasteiger partial charge < -0.3 is 5.11 Å². The Morgan fingerprint density at radius 1 is 1.35 bits per heavy atom. The van der Waals surface area contributed by atoms with Crippen molar-refractivity contribution in [3.63, 3.8) is 0 Å². The maximum absolute atomic E-state index is 12.6. The van der Waals surface area contributed by atoms with E-state index in [1.165, 1.54) is 12.1 Å². The third-order valence-electron chi connectivity index (χ3n) is 4.75. The van der Waals surface area contributed by atoms with Gasteiger partial charge >= 0.3 is 12.1 Å². The highest BCUT2D eigenvalue weighted by molar-refractivity contribution is 5.70. The smallest absolute Gasteiger partial charge is 0.416 e. The van der Waals surface area contributed by atoms with Crippen LogP contribution in [0.5, 0.6) is 0 Å². The molecule has 1 saturated heterocycles. The van der Waals surface area contributed by atoms with Crippen molar-refractivity contribution in [1.82, 2.24) is 4.90 Å². The van der Waals surface area contributed by atoms with Crippen LogP contribution in [-0.4, -0.2) is 35.1 Å². The van der Waals surface area contributed by atoms with Gasteiger partial charge in [-0.05, 0) is 49.9 Å². The van der Waals surface area contributed by atoms with E-state index in [0.29, 0.717) is 13.0 Å². The molecular weight excluding hydrogens is 307 g/mol. The maximum atomic E-state index is 12.6. The van der Waals surface area contributed by atoms with Crippen LogP contribution in [0.3, 0.4) is 0 Å². The van der Waals surface area contributed by atoms with Crippen molar-refractivity contribution in [2.75, 3.05) is 13.1 Å². The van der Waals surface area contributed by atoms with Crippen LogP contribution in [0.1, 0.15) is 43.7 Å². The van der Waals surface area contributed by atoms with E-state index >= 15 is 0 Å². The Hall–Kier alpha value is -1.56. The van der Waals surface area contributed by atoms with Crippen molar-refractivity contribution in [2.24, 2.45) is 5.92 Å². The second-order valence-electron chi connectivity index (χ2n) is 6.34. The average molecular weight is 329 g/mol. The largest absolute Gasteiger partial charge is 0.481 e. The van der Waals surface area contributed by atoms with Gasteiger partial charge in [0, 0.05) is 12.6 Å². The predicted molar refractivity (Wildman–Crippen MR) is 81.3 cm³/mol. The minimum absolute atomic E-state index is 0.0484. The van der Waals surface area contributed by atoms with Gasteiger partial charge in [0.15, 0.2) is 0 Å². The SMILES string of the molecule is CC(CN1CCC[C@H](C(=O)O)[C@@H]1C)c1ccc(C(F)(F)F)cc1. The summed E-state index contributed by atoms with van der Waals surface area (Å²) in [5.74, 6) is -1.10. The number of carbonyl (C=O) groups is 1. The van der Waals surface area contributed by atoms with Gasteiger partial charge in [-0.1, -0.05) is 19.1 Å². The first-order valence-electron chi connectivity index (χ1n) is 7.84. The topological polar surface area (TPSA) is 40.5 Å². The highest BCUT2D eigenvalue weighted by Gasteiger charge is 2.33. The summed E-state index contributed by atoms with van der Waals surface area (Å²) in [4.78, 5) is 13.4. The number of alkyl halides is 3. The lowest BCUT2D eigenvalue weighted by Crippen LogP contribution is -2.47. The third kappa shape index (κ3) is 4.25. The zero-order valence-electron chi connectivity index (χ0n) is 13.3. The number of hydrogen-bond acceptors (Lipinski definition) is 2. The van der Waals surface area contributed by atoms with Crippen LogP contribution in [0.2, 0.25) is 0 Å². The summed E-state index contributed by atoms with van der Waals surface area (Å²) < 4.78 is 37.8. The molecule has 1 aliphatic rings. The number of halogens is 3. The molecule has 23 heavy (non-hydrogen) atoms. The molecule has 0 aliphatic carbocycles. The standard InChI is InChI=1S/C17H22F3NO2/c1-11(13-5-7-14(8-6-13)17(18,19)20)10-21-9-3-4-15(12(21)2)16(22)23/h5-8,11-12,15H,3-4,9-10H2,1-2H3,(H,22,23)/t11?,12-,15-/m0/s1. The molecule has 0 spiro atoms. The van der Waals surface area contributed by atoms with Crippen LogP contribution in [0.25, 0.3) is 0 Å². The molecule has 3 atom stereocenters. The van der Waals surface area contributed by atoms with Crippen molar-refractivity contribution < 1.29 is 23.1 Å². The molecule has 0 aromatic heterocycles. The molecular formula is C17H22F3NO2. The van der Waals surface area contributed by atoms with Gasteiger partial charge in [0.05, 0.1) is 11.5 Å². The quantitative estimate of drug-likeness (QED) is 0.908. The highest BCUT2D eigenvalue weighted by atomic mass is 19.4. The van der Waals surface area contributed by atoms with E-state index in [4.69, 9.17) is 0 Å². The molecule has 0 radical (unpaired) electrons. The van der Waals surface area contributed by atoms with Crippen LogP contribution < -0.4 is 0 Å². The van der Waals surface area contributed by atoms with E-state index in [1.54, 1.807) is 0 Å². The summed E-state index contributed by atoms with van der Waals surface area (Å²) in [5.41, 5.74) is 0.188. The third-order valence-corrected chi connectivity index (χ3v) is 4.75. The number of hydrogen-bond donors (Lipinski definition) is 1. The average Bonchev–Trinajstić information content (AvgIpc) is 2.48. The Bertz CT molecular complexity index is 542. The van der Waals surface area contributed by atoms with Gasteiger partial charge in [0.1, 0.15) is 0 Å². The summed E-state index contributed by atoms with van der Waals surface area (Å²) >= 11 is 0. The number of rotatable bonds is 4. The van der Waals surface area contributed by atoms with Gasteiger partial charge in [0.25, 0.3) is 0 Å². The van der Waals surface area contributed by atoms with Crippen LogP contribution in [0.4, 0.5) is 13.2 Å². The maximum Gasteiger partial charge on any atom is 0.416 e. The Balaban J connectivity index is 2.03. The Morgan fingerprint density at radius 2 is 1.96 bits per heavy atom. The lowest BCUT2D eigenvalue weighted by atomic mass is 9.89. The van der Waals surface area contributed by atoms with E-state index in [1.807, 2.05) is 13.8 Å². The Morgan fingerprint density at radius 3 is 2.48 bits per heavy atom. The van der Waals surface area contributed by atoms with Crippen LogP contribution in [0, 0.1) is 5.92 Å². The molecule has 1 unspecified atom stereocenters. The Labute approximate surface area is 134 Å². The molecule has 1 aromatic carbocycles. The zero-order valence-corrected chi connectivity index (χ0v) is 13.3. The molecule has 0 bridgehead atoms. The number of carboxylic acid groups (broad SMARTS) is 1. The van der Waals surface area contributed by atoms with Crippen molar-refractivity contribution in [3.8, 4) is 0 Å². The number of likely N-dealkylation sites (tertiary alicyclic amines) is 1. The van der Waals surface area contributed by atoms with Crippen LogP contribution >= 0.6 is 0 Å². The van der Waals surface area contributed by atoms with Crippen molar-refractivity contribution >= 4 is 5.97 Å². The molecule has 6 heteroatoms. The van der Waals surface area contributed by atoms with E-state index in [2.05, 4.69) is 4.90 Å². The van der Waals surface area contributed by atoms with Crippen molar-refractivity contribution in [1.29, 1.82) is 0 Å². The van der Waals surface area contributed by atoms with Gasteiger partial charge in [0.2, 0.25) is 0 Å². The van der Waals surface area contributed by atoms with Gasteiger partial charge in [-0.3, -0.25) is 9.69 Å². The lowest BCUT2D eigenvalue weighted by molar-refractivity contribution is -0.145. The first-order valence-corrected chi connectivity index (χ1v) is 7.84. The summed E-state index contributed by atoms with van der Waals surface area (Å²) in [6.45, 7) is 5.35. The molecule has 1 fully saturated rings. The number of benzene rings is 1. The number of aliphatic carboxylic acids is 1. The molecule has 1 N–H and O–H groups in total. The summed E-state index contributed by atoms with van der Waals surface area (Å²) in [5, 5.41) is 9.25. The molecule has 2 rings (SSSR count). The van der Waals surface area contributed by atoms with E-state index in [-0.39, 0.29) is 17.9 Å². The van der Waals surface area contributed by atoms with Crippen molar-refractivity contribution in [3.05, 3.63) is 35.4 Å². The van der Waals surface area contributed by atoms with Crippen LogP contribution in [0.15, 0.2) is 24.3 Å². The fourth-order valence-corrected chi connectivity index (χ4v) is 3.26. The van der Waals surface area contributed by atoms with Crippen LogP contribution in [-0.2, 0) is 11.0 Å². The minimum atomic E-state index is -4.32. The molecule has 0 amide bonds. The molecule has 1 aromatic rings. The number of nitrogens with zero attached hydrogens (tertiary/aromatic N) is 1. The summed E-state index contributed by atoms with van der Waals surface area (Å²) in [7, 11) is 0. The monoisotopic (exact) mass is 329 g/mol. The highest BCUT2D eigenvalue weighted by Crippen LogP contribution is 2.31. The fourth-order valence-electron chi connectivity index (χ4n) is 3.26. The van der Waals surface area contributed by atoms with Crippen molar-refractivity contribution in [2.45, 2.75) is 44.8 Å². The molecule has 128 valence electrons. The molecule has 0 saturated carbocycles. The van der Waals surface area contributed by atoms with E-state index in [0.717, 1.165) is 30.7 Å². The molecule has 1 aliphatic heterocycles. The lowest BCUT2D eigenvalue weighted by Gasteiger charge is -2.39. The summed E-state index contributed by atoms with van der Waals surface area (Å²) in [6.07, 6.45) is -2.81. The second kappa shape index (κ2) is 6.91.